The second-order valence-corrected chi connectivity index (χ2v) is 13.8. The van der Waals surface area contributed by atoms with Crippen molar-refractivity contribution >= 4 is 27.5 Å². The maximum atomic E-state index is 14.7. The Balaban J connectivity index is 1.57. The molecule has 0 unspecified atom stereocenters. The summed E-state index contributed by atoms with van der Waals surface area (Å²) in [4.78, 5) is 30.4. The van der Waals surface area contributed by atoms with E-state index in [4.69, 9.17) is 9.47 Å². The van der Waals surface area contributed by atoms with Gasteiger partial charge in [0.1, 0.15) is 24.1 Å². The Morgan fingerprint density at radius 1 is 0.771 bits per heavy atom. The number of nitrogens with one attached hydrogen (secondary N) is 1. The Morgan fingerprint density at radius 2 is 1.38 bits per heavy atom. The summed E-state index contributed by atoms with van der Waals surface area (Å²) < 4.78 is 40.6. The standard InChI is InChI=1S/C38H43N3O6S/c1-46-32-22-24-33(25-23-32)48(44,45)41(34-20-12-13-21-36(34)47-2)28-37(42)40(27-30-16-8-4-9-17-30)35(26-29-14-6-3-7-15-29)38(43)39-31-18-10-5-11-19-31/h3-4,6-9,12-17,20-25,31,35H,5,10-11,18-19,26-28H2,1-2H3,(H,39,43)/t35-/m1/s1. The summed E-state index contributed by atoms with van der Waals surface area (Å²) in [5.41, 5.74) is 1.91. The molecule has 1 saturated carbocycles. The summed E-state index contributed by atoms with van der Waals surface area (Å²) in [6.07, 6.45) is 5.25. The number of rotatable bonds is 14. The Labute approximate surface area is 283 Å². The molecule has 252 valence electrons. The number of nitrogens with zero attached hydrogens (tertiary/aromatic N) is 2. The van der Waals surface area contributed by atoms with Gasteiger partial charge in [0, 0.05) is 19.0 Å². The molecular formula is C38H43N3O6S. The zero-order valence-electron chi connectivity index (χ0n) is 27.5. The van der Waals surface area contributed by atoms with E-state index in [1.54, 1.807) is 36.4 Å². The number of amides is 2. The van der Waals surface area contributed by atoms with E-state index in [0.717, 1.165) is 47.5 Å². The molecule has 4 aromatic rings. The van der Waals surface area contributed by atoms with E-state index >= 15 is 0 Å². The van der Waals surface area contributed by atoms with E-state index in [1.807, 2.05) is 60.7 Å². The molecule has 0 heterocycles. The van der Waals surface area contributed by atoms with Crippen LogP contribution in [-0.2, 0) is 32.6 Å². The molecule has 0 aromatic heterocycles. The maximum Gasteiger partial charge on any atom is 0.264 e. The molecule has 9 nitrogen and oxygen atoms in total. The third kappa shape index (κ3) is 8.55. The number of methoxy groups -OCH3 is 2. The van der Waals surface area contributed by atoms with Gasteiger partial charge in [-0.1, -0.05) is 92.1 Å². The van der Waals surface area contributed by atoms with E-state index in [9.17, 15) is 18.0 Å². The number of carbonyl (C=O) groups is 2. The lowest BCUT2D eigenvalue weighted by Gasteiger charge is -2.35. The van der Waals surface area contributed by atoms with Gasteiger partial charge in [-0.3, -0.25) is 13.9 Å². The van der Waals surface area contributed by atoms with Crippen LogP contribution in [0.15, 0.2) is 114 Å². The first-order chi connectivity index (χ1) is 23.3. The van der Waals surface area contributed by atoms with Crippen molar-refractivity contribution in [3.8, 4) is 11.5 Å². The third-order valence-corrected chi connectivity index (χ3v) is 10.5. The molecule has 5 rings (SSSR count). The highest BCUT2D eigenvalue weighted by molar-refractivity contribution is 7.92. The Kier molecular flexibility index (Phi) is 11.7. The number of ether oxygens (including phenoxy) is 2. The van der Waals surface area contributed by atoms with Gasteiger partial charge in [-0.2, -0.15) is 0 Å². The molecule has 0 spiro atoms. The molecular weight excluding hydrogens is 627 g/mol. The molecule has 1 N–H and O–H groups in total. The van der Waals surface area contributed by atoms with Crippen LogP contribution >= 0.6 is 0 Å². The van der Waals surface area contributed by atoms with Crippen molar-refractivity contribution < 1.29 is 27.5 Å². The van der Waals surface area contributed by atoms with Crippen molar-refractivity contribution in [2.45, 2.75) is 62.0 Å². The van der Waals surface area contributed by atoms with E-state index in [0.29, 0.717) is 5.75 Å². The SMILES string of the molecule is COc1ccc(S(=O)(=O)N(CC(=O)N(Cc2ccccc2)[C@H](Cc2ccccc2)C(=O)NC2CCCCC2)c2ccccc2OC)cc1. The predicted molar refractivity (Wildman–Crippen MR) is 186 cm³/mol. The number of benzene rings is 4. The number of sulfonamides is 1. The lowest BCUT2D eigenvalue weighted by Crippen LogP contribution is -2.55. The van der Waals surface area contributed by atoms with Gasteiger partial charge in [-0.25, -0.2) is 8.42 Å². The number of carbonyl (C=O) groups excluding carboxylic acids is 2. The van der Waals surface area contributed by atoms with Crippen LogP contribution in [0.1, 0.15) is 43.2 Å². The first kappa shape index (κ1) is 34.5. The summed E-state index contributed by atoms with van der Waals surface area (Å²) in [7, 11) is -1.34. The molecule has 0 saturated heterocycles. The fraction of sp³-hybridized carbons (Fsp3) is 0.316. The molecule has 1 fully saturated rings. The van der Waals surface area contributed by atoms with E-state index in [-0.39, 0.29) is 41.2 Å². The minimum Gasteiger partial charge on any atom is -0.497 e. The Bertz CT molecular complexity index is 1740. The first-order valence-corrected chi connectivity index (χ1v) is 17.7. The van der Waals surface area contributed by atoms with Crippen molar-refractivity contribution in [2.75, 3.05) is 25.1 Å². The van der Waals surface area contributed by atoms with Gasteiger partial charge in [-0.05, 0) is 60.4 Å². The van der Waals surface area contributed by atoms with Crippen LogP contribution < -0.4 is 19.1 Å². The van der Waals surface area contributed by atoms with Crippen LogP contribution in [0.2, 0.25) is 0 Å². The number of hydrogen-bond donors (Lipinski definition) is 1. The first-order valence-electron chi connectivity index (χ1n) is 16.3. The van der Waals surface area contributed by atoms with Crippen LogP contribution in [0.5, 0.6) is 11.5 Å². The van der Waals surface area contributed by atoms with Gasteiger partial charge in [0.25, 0.3) is 10.0 Å². The zero-order valence-corrected chi connectivity index (χ0v) is 28.3. The van der Waals surface area contributed by atoms with Gasteiger partial charge < -0.3 is 19.7 Å². The second kappa shape index (κ2) is 16.3. The average Bonchev–Trinajstić information content (AvgIpc) is 3.13. The van der Waals surface area contributed by atoms with Crippen LogP contribution in [0.4, 0.5) is 5.69 Å². The number of para-hydroxylation sites is 2. The molecule has 10 heteroatoms. The van der Waals surface area contributed by atoms with Crippen molar-refractivity contribution in [1.29, 1.82) is 0 Å². The average molecular weight is 670 g/mol. The van der Waals surface area contributed by atoms with Crippen LogP contribution in [0.25, 0.3) is 0 Å². The van der Waals surface area contributed by atoms with Crippen LogP contribution in [-0.4, -0.2) is 58.0 Å². The highest BCUT2D eigenvalue weighted by Gasteiger charge is 2.36. The van der Waals surface area contributed by atoms with Gasteiger partial charge in [0.15, 0.2) is 0 Å². The Morgan fingerprint density at radius 3 is 2.00 bits per heavy atom. The summed E-state index contributed by atoms with van der Waals surface area (Å²) >= 11 is 0. The van der Waals surface area contributed by atoms with Gasteiger partial charge in [-0.15, -0.1) is 0 Å². The number of anilines is 1. The fourth-order valence-corrected chi connectivity index (χ4v) is 7.53. The second-order valence-electron chi connectivity index (χ2n) is 11.9. The molecule has 0 radical (unpaired) electrons. The molecule has 1 atom stereocenters. The van der Waals surface area contributed by atoms with Crippen molar-refractivity contribution in [3.63, 3.8) is 0 Å². The molecule has 2 amide bonds. The van der Waals surface area contributed by atoms with Crippen molar-refractivity contribution in [3.05, 3.63) is 120 Å². The van der Waals surface area contributed by atoms with E-state index in [2.05, 4.69) is 5.32 Å². The van der Waals surface area contributed by atoms with Crippen molar-refractivity contribution in [1.82, 2.24) is 10.2 Å². The molecule has 1 aliphatic carbocycles. The molecule has 4 aromatic carbocycles. The molecule has 48 heavy (non-hydrogen) atoms. The third-order valence-electron chi connectivity index (χ3n) is 8.70. The normalized spacial score (nSPS) is 14.0. The van der Waals surface area contributed by atoms with Gasteiger partial charge in [0.2, 0.25) is 11.8 Å². The quantitative estimate of drug-likeness (QED) is 0.177. The lowest BCUT2D eigenvalue weighted by molar-refractivity contribution is -0.140. The predicted octanol–water partition coefficient (Wildman–Crippen LogP) is 5.99. The van der Waals surface area contributed by atoms with Gasteiger partial charge in [0.05, 0.1) is 24.8 Å². The van der Waals surface area contributed by atoms with Gasteiger partial charge >= 0.3 is 0 Å². The highest BCUT2D eigenvalue weighted by atomic mass is 32.2. The fourth-order valence-electron chi connectivity index (χ4n) is 6.10. The van der Waals surface area contributed by atoms with E-state index < -0.39 is 28.5 Å². The minimum atomic E-state index is -4.29. The summed E-state index contributed by atoms with van der Waals surface area (Å²) in [6.45, 7) is -0.457. The molecule has 1 aliphatic rings. The minimum absolute atomic E-state index is 0.0208. The smallest absolute Gasteiger partial charge is 0.264 e. The summed E-state index contributed by atoms with van der Waals surface area (Å²) in [6, 6.07) is 30.8. The molecule has 0 bridgehead atoms. The largest absolute Gasteiger partial charge is 0.497 e. The van der Waals surface area contributed by atoms with Crippen LogP contribution in [0, 0.1) is 0 Å². The number of hydrogen-bond acceptors (Lipinski definition) is 6. The monoisotopic (exact) mass is 669 g/mol. The lowest BCUT2D eigenvalue weighted by atomic mass is 9.94. The zero-order chi connectivity index (χ0) is 33.9. The van der Waals surface area contributed by atoms with E-state index in [1.165, 1.54) is 31.3 Å². The van der Waals surface area contributed by atoms with Crippen LogP contribution in [0.3, 0.4) is 0 Å². The summed E-state index contributed by atoms with van der Waals surface area (Å²) in [5.74, 6) is 0.00182. The van der Waals surface area contributed by atoms with Crippen molar-refractivity contribution in [2.24, 2.45) is 0 Å². The highest BCUT2D eigenvalue weighted by Crippen LogP contribution is 2.33. The Hall–Kier alpha value is -4.83. The summed E-state index contributed by atoms with van der Waals surface area (Å²) in [5, 5.41) is 3.23. The molecule has 0 aliphatic heterocycles. The maximum absolute atomic E-state index is 14.7. The topological polar surface area (TPSA) is 105 Å².